The third kappa shape index (κ3) is 5.09. The third-order valence-corrected chi connectivity index (χ3v) is 2.24. The summed E-state index contributed by atoms with van der Waals surface area (Å²) in [7, 11) is 1.29. The number of imide groups is 1. The van der Waals surface area contributed by atoms with Crippen molar-refractivity contribution in [1.29, 1.82) is 0 Å². The van der Waals surface area contributed by atoms with E-state index in [4.69, 9.17) is 4.74 Å². The molecule has 1 N–H and O–H groups in total. The van der Waals surface area contributed by atoms with Gasteiger partial charge in [-0.05, 0) is 25.1 Å². The van der Waals surface area contributed by atoms with Gasteiger partial charge in [0.2, 0.25) is 0 Å². The van der Waals surface area contributed by atoms with Crippen molar-refractivity contribution in [2.45, 2.75) is 6.92 Å². The number of carbonyl (C=O) groups excluding carboxylic acids is 3. The maximum Gasteiger partial charge on any atom is 0.413 e. The molecule has 0 saturated carbocycles. The van der Waals surface area contributed by atoms with Crippen molar-refractivity contribution in [3.63, 3.8) is 0 Å². The standard InChI is InChI=1S/C13H14FNO6/c1-3-20-13(18)15-11(16)7-21-12(17)8-4-5-10(19-2)9(14)6-8/h4-6H,3,7H2,1-2H3,(H,15,16,18). The van der Waals surface area contributed by atoms with Crippen LogP contribution >= 0.6 is 0 Å². The Labute approximate surface area is 120 Å². The second kappa shape index (κ2) is 7.83. The predicted octanol–water partition coefficient (Wildman–Crippen LogP) is 1.26. The summed E-state index contributed by atoms with van der Waals surface area (Å²) in [5.74, 6) is -2.51. The predicted molar refractivity (Wildman–Crippen MR) is 68.4 cm³/mol. The summed E-state index contributed by atoms with van der Waals surface area (Å²) in [6, 6.07) is 3.46. The minimum atomic E-state index is -0.936. The van der Waals surface area contributed by atoms with Crippen molar-refractivity contribution < 1.29 is 33.0 Å². The molecular weight excluding hydrogens is 285 g/mol. The summed E-state index contributed by atoms with van der Waals surface area (Å²) in [5.41, 5.74) is -0.0859. The van der Waals surface area contributed by atoms with Gasteiger partial charge in [-0.2, -0.15) is 0 Å². The molecule has 1 aromatic carbocycles. The van der Waals surface area contributed by atoms with Gasteiger partial charge < -0.3 is 14.2 Å². The van der Waals surface area contributed by atoms with Gasteiger partial charge in [-0.3, -0.25) is 10.1 Å². The van der Waals surface area contributed by atoms with Gasteiger partial charge >= 0.3 is 12.1 Å². The Bertz CT molecular complexity index is 545. The quantitative estimate of drug-likeness (QED) is 0.823. The number of halogens is 1. The number of alkyl carbamates (subject to hydrolysis) is 1. The molecule has 21 heavy (non-hydrogen) atoms. The highest BCUT2D eigenvalue weighted by atomic mass is 19.1. The first-order valence-electron chi connectivity index (χ1n) is 5.95. The van der Waals surface area contributed by atoms with Crippen molar-refractivity contribution in [3.05, 3.63) is 29.6 Å². The summed E-state index contributed by atoms with van der Waals surface area (Å²) in [4.78, 5) is 33.8. The molecule has 7 nitrogen and oxygen atoms in total. The topological polar surface area (TPSA) is 90.9 Å². The van der Waals surface area contributed by atoms with Crippen molar-refractivity contribution >= 4 is 18.0 Å². The van der Waals surface area contributed by atoms with E-state index in [1.807, 2.05) is 5.32 Å². The minimum Gasteiger partial charge on any atom is -0.494 e. The lowest BCUT2D eigenvalue weighted by atomic mass is 10.2. The van der Waals surface area contributed by atoms with Crippen LogP contribution in [0, 0.1) is 5.82 Å². The summed E-state index contributed by atoms with van der Waals surface area (Å²) in [6.07, 6.45) is -0.936. The molecule has 8 heteroatoms. The molecule has 0 spiro atoms. The molecule has 1 rings (SSSR count). The average molecular weight is 299 g/mol. The van der Waals surface area contributed by atoms with Crippen LogP contribution in [0.25, 0.3) is 0 Å². The van der Waals surface area contributed by atoms with E-state index in [1.54, 1.807) is 6.92 Å². The van der Waals surface area contributed by atoms with Crippen molar-refractivity contribution in [1.82, 2.24) is 5.32 Å². The lowest BCUT2D eigenvalue weighted by molar-refractivity contribution is -0.123. The molecule has 0 aliphatic heterocycles. The first-order chi connectivity index (χ1) is 9.97. The Hall–Kier alpha value is -2.64. The summed E-state index contributed by atoms with van der Waals surface area (Å²) in [5, 5.41) is 1.85. The van der Waals surface area contributed by atoms with Gasteiger partial charge in [-0.25, -0.2) is 14.0 Å². The van der Waals surface area contributed by atoms with Crippen molar-refractivity contribution in [2.75, 3.05) is 20.3 Å². The largest absolute Gasteiger partial charge is 0.494 e. The van der Waals surface area contributed by atoms with Crippen LogP contribution in [0.15, 0.2) is 18.2 Å². The number of benzene rings is 1. The third-order valence-electron chi connectivity index (χ3n) is 2.24. The SMILES string of the molecule is CCOC(=O)NC(=O)COC(=O)c1ccc(OC)c(F)c1. The number of rotatable bonds is 5. The van der Waals surface area contributed by atoms with Gasteiger partial charge in [0.05, 0.1) is 19.3 Å². The van der Waals surface area contributed by atoms with E-state index in [9.17, 15) is 18.8 Å². The molecule has 0 radical (unpaired) electrons. The fourth-order valence-electron chi connectivity index (χ4n) is 1.32. The lowest BCUT2D eigenvalue weighted by Gasteiger charge is -2.07. The first-order valence-corrected chi connectivity index (χ1v) is 5.95. The Kier molecular flexibility index (Phi) is 6.12. The Balaban J connectivity index is 2.52. The van der Waals surface area contributed by atoms with E-state index in [2.05, 4.69) is 9.47 Å². The molecule has 0 unspecified atom stereocenters. The Morgan fingerprint density at radius 1 is 1.24 bits per heavy atom. The van der Waals surface area contributed by atoms with Crippen LogP contribution < -0.4 is 10.1 Å². The molecule has 0 aliphatic carbocycles. The molecule has 0 fully saturated rings. The molecule has 0 aromatic heterocycles. The maximum absolute atomic E-state index is 13.4. The number of hydrogen-bond acceptors (Lipinski definition) is 6. The zero-order valence-electron chi connectivity index (χ0n) is 11.5. The number of hydrogen-bond donors (Lipinski definition) is 1. The van der Waals surface area contributed by atoms with E-state index in [0.717, 1.165) is 6.07 Å². The molecule has 114 valence electrons. The second-order valence-corrected chi connectivity index (χ2v) is 3.69. The fourth-order valence-corrected chi connectivity index (χ4v) is 1.32. The van der Waals surface area contributed by atoms with Gasteiger partial charge in [-0.15, -0.1) is 0 Å². The summed E-state index contributed by atoms with van der Waals surface area (Å²) in [6.45, 7) is 0.984. The molecule has 0 aliphatic rings. The van der Waals surface area contributed by atoms with Crippen LogP contribution in [0.3, 0.4) is 0 Å². The van der Waals surface area contributed by atoms with Crippen LogP contribution in [0.5, 0.6) is 5.75 Å². The molecule has 0 bridgehead atoms. The second-order valence-electron chi connectivity index (χ2n) is 3.69. The normalized spacial score (nSPS) is 9.67. The summed E-state index contributed by atoms with van der Waals surface area (Å²) >= 11 is 0. The van der Waals surface area contributed by atoms with Crippen LogP contribution in [-0.4, -0.2) is 38.3 Å². The Morgan fingerprint density at radius 2 is 1.95 bits per heavy atom. The van der Waals surface area contributed by atoms with E-state index in [0.29, 0.717) is 0 Å². The summed E-state index contributed by atoms with van der Waals surface area (Å²) < 4.78 is 27.2. The Morgan fingerprint density at radius 3 is 2.52 bits per heavy atom. The van der Waals surface area contributed by atoms with Crippen molar-refractivity contribution in [2.24, 2.45) is 0 Å². The van der Waals surface area contributed by atoms with E-state index in [-0.39, 0.29) is 17.9 Å². The number of nitrogens with one attached hydrogen (secondary N) is 1. The van der Waals surface area contributed by atoms with Gasteiger partial charge in [-0.1, -0.05) is 0 Å². The fraction of sp³-hybridized carbons (Fsp3) is 0.308. The highest BCUT2D eigenvalue weighted by molar-refractivity contribution is 5.95. The van der Waals surface area contributed by atoms with Gasteiger partial charge in [0.25, 0.3) is 5.91 Å². The lowest BCUT2D eigenvalue weighted by Crippen LogP contribution is -2.34. The molecule has 0 heterocycles. The smallest absolute Gasteiger partial charge is 0.413 e. The van der Waals surface area contributed by atoms with E-state index in [1.165, 1.54) is 19.2 Å². The first kappa shape index (κ1) is 16.4. The van der Waals surface area contributed by atoms with E-state index >= 15 is 0 Å². The number of methoxy groups -OCH3 is 1. The number of esters is 1. The van der Waals surface area contributed by atoms with Crippen LogP contribution in [0.4, 0.5) is 9.18 Å². The number of amides is 2. The van der Waals surface area contributed by atoms with Gasteiger partial charge in [0.15, 0.2) is 18.2 Å². The van der Waals surface area contributed by atoms with Gasteiger partial charge in [0.1, 0.15) is 0 Å². The molecular formula is C13H14FNO6. The monoisotopic (exact) mass is 299 g/mol. The highest BCUT2D eigenvalue weighted by Gasteiger charge is 2.14. The zero-order valence-corrected chi connectivity index (χ0v) is 11.5. The van der Waals surface area contributed by atoms with Crippen molar-refractivity contribution in [3.8, 4) is 5.75 Å². The molecule has 1 aromatic rings. The van der Waals surface area contributed by atoms with E-state index < -0.39 is 30.4 Å². The van der Waals surface area contributed by atoms with Gasteiger partial charge in [0, 0.05) is 0 Å². The zero-order chi connectivity index (χ0) is 15.8. The highest BCUT2D eigenvalue weighted by Crippen LogP contribution is 2.18. The van der Waals surface area contributed by atoms with Crippen LogP contribution in [0.1, 0.15) is 17.3 Å². The maximum atomic E-state index is 13.4. The molecule has 0 atom stereocenters. The average Bonchev–Trinajstić information content (AvgIpc) is 2.44. The van der Waals surface area contributed by atoms with Crippen LogP contribution in [-0.2, 0) is 14.3 Å². The minimum absolute atomic E-state index is 0.0217. The molecule has 0 saturated heterocycles. The van der Waals surface area contributed by atoms with Crippen LogP contribution in [0.2, 0.25) is 0 Å². The molecule has 2 amide bonds. The number of ether oxygens (including phenoxy) is 3. The number of carbonyl (C=O) groups is 3.